The average Bonchev–Trinajstić information content (AvgIpc) is 2.76. The predicted octanol–water partition coefficient (Wildman–Crippen LogP) is 0.792. The number of piperazine rings is 1. The zero-order valence-electron chi connectivity index (χ0n) is 16.7. The quantitative estimate of drug-likeness (QED) is 0.652. The van der Waals surface area contributed by atoms with Crippen LogP contribution in [0.4, 0.5) is 5.95 Å². The molecule has 156 valence electrons. The molecule has 1 unspecified atom stereocenters. The van der Waals surface area contributed by atoms with Gasteiger partial charge in [0.1, 0.15) is 6.33 Å². The molecule has 0 aliphatic carbocycles. The molecule has 10 heteroatoms. The summed E-state index contributed by atoms with van der Waals surface area (Å²) < 4.78 is 24.9. The van der Waals surface area contributed by atoms with Crippen molar-refractivity contribution >= 4 is 15.8 Å². The lowest BCUT2D eigenvalue weighted by molar-refractivity contribution is 0.462. The van der Waals surface area contributed by atoms with Crippen molar-refractivity contribution in [3.8, 4) is 11.4 Å². The van der Waals surface area contributed by atoms with Gasteiger partial charge >= 0.3 is 0 Å². The maximum absolute atomic E-state index is 12.5. The van der Waals surface area contributed by atoms with Gasteiger partial charge in [-0.05, 0) is 23.8 Å². The van der Waals surface area contributed by atoms with E-state index in [-0.39, 0.29) is 11.6 Å². The summed E-state index contributed by atoms with van der Waals surface area (Å²) in [6.07, 6.45) is 4.23. The number of aromatic nitrogens is 4. The largest absolute Gasteiger partial charge is 0.339 e. The fourth-order valence-corrected chi connectivity index (χ4v) is 4.12. The molecule has 1 N–H and O–H groups in total. The number of nitrogens with one attached hydrogen (secondary N) is 1. The van der Waals surface area contributed by atoms with E-state index in [1.165, 1.54) is 23.2 Å². The van der Waals surface area contributed by atoms with Gasteiger partial charge < -0.3 is 10.2 Å². The van der Waals surface area contributed by atoms with E-state index in [0.717, 1.165) is 5.56 Å². The second kappa shape index (κ2) is 7.96. The minimum absolute atomic E-state index is 0.0213. The Balaban J connectivity index is 1.63. The highest BCUT2D eigenvalue weighted by molar-refractivity contribution is 7.90. The maximum atomic E-state index is 12.5. The van der Waals surface area contributed by atoms with E-state index in [2.05, 4.69) is 20.2 Å². The zero-order valence-corrected chi connectivity index (χ0v) is 17.5. The summed E-state index contributed by atoms with van der Waals surface area (Å²) in [6.45, 7) is 1.98. The molecule has 0 saturated carbocycles. The third kappa shape index (κ3) is 4.10. The first kappa shape index (κ1) is 20.2. The molecule has 1 saturated heterocycles. The van der Waals surface area contributed by atoms with Crippen molar-refractivity contribution < 1.29 is 8.42 Å². The summed E-state index contributed by atoms with van der Waals surface area (Å²) in [5.41, 5.74) is 1.90. The molecule has 2 aromatic heterocycles. The summed E-state index contributed by atoms with van der Waals surface area (Å²) in [5, 5.41) is 3.45. The Labute approximate surface area is 174 Å². The Hall–Kier alpha value is -3.11. The van der Waals surface area contributed by atoms with Gasteiger partial charge in [-0.15, -0.1) is 0 Å². The normalized spacial score (nSPS) is 17.1. The summed E-state index contributed by atoms with van der Waals surface area (Å²) >= 11 is 0. The van der Waals surface area contributed by atoms with E-state index in [0.29, 0.717) is 41.9 Å². The van der Waals surface area contributed by atoms with Gasteiger partial charge in [-0.2, -0.15) is 0 Å². The molecule has 9 nitrogen and oxygen atoms in total. The molecule has 1 aliphatic heterocycles. The monoisotopic (exact) mass is 426 g/mol. The molecule has 4 rings (SSSR count). The lowest BCUT2D eigenvalue weighted by atomic mass is 10.0. The minimum Gasteiger partial charge on any atom is -0.339 e. The molecule has 0 amide bonds. The van der Waals surface area contributed by atoms with Crippen molar-refractivity contribution in [1.29, 1.82) is 0 Å². The lowest BCUT2D eigenvalue weighted by Crippen LogP contribution is -2.47. The van der Waals surface area contributed by atoms with E-state index in [1.54, 1.807) is 31.4 Å². The molecule has 30 heavy (non-hydrogen) atoms. The molecule has 1 fully saturated rings. The highest BCUT2D eigenvalue weighted by atomic mass is 32.2. The van der Waals surface area contributed by atoms with Gasteiger partial charge in [0, 0.05) is 51.2 Å². The van der Waals surface area contributed by atoms with Crippen LogP contribution in [0, 0.1) is 0 Å². The molecule has 0 radical (unpaired) electrons. The maximum Gasteiger partial charge on any atom is 0.255 e. The van der Waals surface area contributed by atoms with Crippen molar-refractivity contribution in [2.45, 2.75) is 10.9 Å². The number of anilines is 1. The fraction of sp³-hybridized carbons (Fsp3) is 0.300. The SMILES string of the molecule is Cn1c(N2CCNC(c3ccc(S(C)(=O)=O)cc3)C2)nc(-c2ccncn2)cc1=O. The van der Waals surface area contributed by atoms with Crippen LogP contribution >= 0.6 is 0 Å². The predicted molar refractivity (Wildman–Crippen MR) is 113 cm³/mol. The van der Waals surface area contributed by atoms with Crippen molar-refractivity contribution in [1.82, 2.24) is 24.8 Å². The van der Waals surface area contributed by atoms with Gasteiger partial charge in [-0.25, -0.2) is 23.4 Å². The third-order valence-electron chi connectivity index (χ3n) is 5.12. The second-order valence-corrected chi connectivity index (χ2v) is 9.24. The molecular formula is C20H22N6O3S. The van der Waals surface area contributed by atoms with Gasteiger partial charge in [0.2, 0.25) is 5.95 Å². The zero-order chi connectivity index (χ0) is 21.3. The smallest absolute Gasteiger partial charge is 0.255 e. The number of benzene rings is 1. The molecule has 1 aromatic carbocycles. The highest BCUT2D eigenvalue weighted by Gasteiger charge is 2.24. The summed E-state index contributed by atoms with van der Waals surface area (Å²) in [7, 11) is -1.53. The number of hydrogen-bond donors (Lipinski definition) is 1. The van der Waals surface area contributed by atoms with Crippen molar-refractivity contribution in [3.63, 3.8) is 0 Å². The van der Waals surface area contributed by atoms with E-state index < -0.39 is 9.84 Å². The second-order valence-electron chi connectivity index (χ2n) is 7.23. The Morgan fingerprint density at radius 2 is 1.90 bits per heavy atom. The Kier molecular flexibility index (Phi) is 5.35. The van der Waals surface area contributed by atoms with E-state index in [1.807, 2.05) is 12.1 Å². The van der Waals surface area contributed by atoms with E-state index >= 15 is 0 Å². The molecule has 3 aromatic rings. The fourth-order valence-electron chi connectivity index (χ4n) is 3.49. The molecule has 1 aliphatic rings. The number of rotatable bonds is 4. The summed E-state index contributed by atoms with van der Waals surface area (Å²) in [4.78, 5) is 27.7. The average molecular weight is 427 g/mol. The van der Waals surface area contributed by atoms with Gasteiger partial charge in [0.15, 0.2) is 9.84 Å². The Bertz CT molecular complexity index is 1210. The van der Waals surface area contributed by atoms with Crippen LogP contribution in [0.15, 0.2) is 58.6 Å². The molecule has 0 bridgehead atoms. The van der Waals surface area contributed by atoms with Gasteiger partial charge in [-0.1, -0.05) is 12.1 Å². The third-order valence-corrected chi connectivity index (χ3v) is 6.25. The van der Waals surface area contributed by atoms with Crippen molar-refractivity contribution in [3.05, 3.63) is 64.8 Å². The Morgan fingerprint density at radius 1 is 1.13 bits per heavy atom. The molecule has 1 atom stereocenters. The van der Waals surface area contributed by atoms with E-state index in [9.17, 15) is 13.2 Å². The van der Waals surface area contributed by atoms with Crippen LogP contribution in [-0.2, 0) is 16.9 Å². The van der Waals surface area contributed by atoms with Crippen LogP contribution in [0.1, 0.15) is 11.6 Å². The van der Waals surface area contributed by atoms with Gasteiger partial charge in [-0.3, -0.25) is 9.36 Å². The lowest BCUT2D eigenvalue weighted by Gasteiger charge is -2.35. The Morgan fingerprint density at radius 3 is 2.57 bits per heavy atom. The summed E-state index contributed by atoms with van der Waals surface area (Å²) in [5.74, 6) is 0.565. The van der Waals surface area contributed by atoms with Gasteiger partial charge in [0.05, 0.1) is 16.3 Å². The number of sulfone groups is 1. The van der Waals surface area contributed by atoms with Crippen LogP contribution < -0.4 is 15.8 Å². The minimum atomic E-state index is -3.23. The molecule has 0 spiro atoms. The number of nitrogens with zero attached hydrogens (tertiary/aromatic N) is 5. The topological polar surface area (TPSA) is 110 Å². The van der Waals surface area contributed by atoms with Crippen LogP contribution in [0.2, 0.25) is 0 Å². The highest BCUT2D eigenvalue weighted by Crippen LogP contribution is 2.23. The van der Waals surface area contributed by atoms with Crippen LogP contribution in [0.25, 0.3) is 11.4 Å². The van der Waals surface area contributed by atoms with Crippen molar-refractivity contribution in [2.24, 2.45) is 7.05 Å². The molecule has 3 heterocycles. The van der Waals surface area contributed by atoms with Crippen LogP contribution in [-0.4, -0.2) is 53.8 Å². The van der Waals surface area contributed by atoms with Crippen LogP contribution in [0.5, 0.6) is 0 Å². The summed E-state index contributed by atoms with van der Waals surface area (Å²) in [6, 6.07) is 10.0. The number of hydrogen-bond acceptors (Lipinski definition) is 8. The molecular weight excluding hydrogens is 404 g/mol. The van der Waals surface area contributed by atoms with Crippen LogP contribution in [0.3, 0.4) is 0 Å². The first-order chi connectivity index (χ1) is 14.3. The van der Waals surface area contributed by atoms with Gasteiger partial charge in [0.25, 0.3) is 5.56 Å². The first-order valence-corrected chi connectivity index (χ1v) is 11.3. The van der Waals surface area contributed by atoms with Crippen molar-refractivity contribution in [2.75, 3.05) is 30.8 Å². The standard InChI is InChI=1S/C20H22N6O3S/c1-25-19(27)11-17(16-7-8-21-13-23-16)24-20(25)26-10-9-22-18(12-26)14-3-5-15(6-4-14)30(2,28)29/h3-8,11,13,18,22H,9-10,12H2,1-2H3. The van der Waals surface area contributed by atoms with E-state index in [4.69, 9.17) is 4.98 Å². The first-order valence-electron chi connectivity index (χ1n) is 9.46.